The highest BCUT2D eigenvalue weighted by atomic mass is 19.3. The van der Waals surface area contributed by atoms with Crippen molar-refractivity contribution in [2.24, 2.45) is 5.92 Å². The number of hydrogen-bond acceptors (Lipinski definition) is 1. The first-order valence-electron chi connectivity index (χ1n) is 13.4. The topological polar surface area (TPSA) is 9.23 Å². The fraction of sp³-hybridized carbons (Fsp3) is 0.484. The Balaban J connectivity index is 1.36. The van der Waals surface area contributed by atoms with Crippen molar-refractivity contribution in [3.8, 4) is 5.75 Å². The lowest BCUT2D eigenvalue weighted by atomic mass is 9.76. The van der Waals surface area contributed by atoms with Crippen LogP contribution < -0.4 is 4.74 Å². The molecular formula is C31H36F4O. The van der Waals surface area contributed by atoms with Gasteiger partial charge in [-0.15, -0.1) is 0 Å². The van der Waals surface area contributed by atoms with Gasteiger partial charge in [0.25, 0.3) is 0 Å². The molecule has 36 heavy (non-hydrogen) atoms. The van der Waals surface area contributed by atoms with E-state index < -0.39 is 18.2 Å². The van der Waals surface area contributed by atoms with Gasteiger partial charge < -0.3 is 4.74 Å². The van der Waals surface area contributed by atoms with Gasteiger partial charge in [0.05, 0.1) is 0 Å². The van der Waals surface area contributed by atoms with Crippen LogP contribution in [0, 0.1) is 17.6 Å². The molecule has 0 unspecified atom stereocenters. The zero-order chi connectivity index (χ0) is 25.5. The minimum atomic E-state index is -3.08. The number of benzene rings is 3. The molecule has 1 aliphatic rings. The van der Waals surface area contributed by atoms with Crippen LogP contribution in [0.25, 0.3) is 10.8 Å². The summed E-state index contributed by atoms with van der Waals surface area (Å²) in [4.78, 5) is 0. The second kappa shape index (κ2) is 12.6. The van der Waals surface area contributed by atoms with Gasteiger partial charge in [-0.1, -0.05) is 75.4 Å². The number of halogens is 4. The van der Waals surface area contributed by atoms with E-state index >= 15 is 4.39 Å². The first-order valence-corrected chi connectivity index (χ1v) is 13.4. The molecule has 1 aliphatic carbocycles. The summed E-state index contributed by atoms with van der Waals surface area (Å²) in [6, 6.07) is 13.8. The molecule has 3 aromatic rings. The fourth-order valence-corrected chi connectivity index (χ4v) is 5.62. The summed E-state index contributed by atoms with van der Waals surface area (Å²) < 4.78 is 58.1. The van der Waals surface area contributed by atoms with Crippen LogP contribution in [0.3, 0.4) is 0 Å². The van der Waals surface area contributed by atoms with Crippen molar-refractivity contribution in [1.29, 1.82) is 0 Å². The third kappa shape index (κ3) is 6.80. The normalized spacial score (nSPS) is 18.2. The van der Waals surface area contributed by atoms with Gasteiger partial charge in [0.2, 0.25) is 0 Å². The molecule has 1 fully saturated rings. The molecule has 3 aromatic carbocycles. The summed E-state index contributed by atoms with van der Waals surface area (Å²) in [6.45, 7) is -0.824. The van der Waals surface area contributed by atoms with E-state index in [9.17, 15) is 13.2 Å². The van der Waals surface area contributed by atoms with E-state index in [1.807, 2.05) is 12.1 Å². The molecule has 194 valence electrons. The molecule has 0 saturated heterocycles. The quantitative estimate of drug-likeness (QED) is 0.188. The molecule has 0 bridgehead atoms. The van der Waals surface area contributed by atoms with Crippen LogP contribution in [-0.4, -0.2) is 6.61 Å². The summed E-state index contributed by atoms with van der Waals surface area (Å²) in [6.07, 6.45) is 12.5. The highest BCUT2D eigenvalue weighted by molar-refractivity contribution is 5.84. The van der Waals surface area contributed by atoms with Gasteiger partial charge in [-0.2, -0.15) is 8.78 Å². The van der Waals surface area contributed by atoms with Crippen molar-refractivity contribution in [2.45, 2.75) is 90.1 Å². The van der Waals surface area contributed by atoms with E-state index in [4.69, 9.17) is 0 Å². The van der Waals surface area contributed by atoms with Crippen LogP contribution in [-0.2, 0) is 12.8 Å². The maximum Gasteiger partial charge on any atom is 0.387 e. The summed E-state index contributed by atoms with van der Waals surface area (Å²) in [5.41, 5.74) is 2.47. The number of alkyl halides is 2. The lowest BCUT2D eigenvalue weighted by Crippen LogP contribution is -2.13. The van der Waals surface area contributed by atoms with Gasteiger partial charge in [-0.05, 0) is 84.6 Å². The minimum Gasteiger partial charge on any atom is -0.432 e. The van der Waals surface area contributed by atoms with Crippen LogP contribution >= 0.6 is 0 Å². The third-order valence-corrected chi connectivity index (χ3v) is 7.74. The monoisotopic (exact) mass is 500 g/mol. The zero-order valence-electron chi connectivity index (χ0n) is 21.0. The second-order valence-corrected chi connectivity index (χ2v) is 10.2. The van der Waals surface area contributed by atoms with Crippen molar-refractivity contribution < 1.29 is 22.3 Å². The summed E-state index contributed by atoms with van der Waals surface area (Å²) in [5, 5.41) is 1.52. The van der Waals surface area contributed by atoms with E-state index in [2.05, 4.69) is 23.8 Å². The number of hydrogen-bond donors (Lipinski definition) is 0. The first-order chi connectivity index (χ1) is 17.4. The van der Waals surface area contributed by atoms with Gasteiger partial charge >= 0.3 is 6.61 Å². The Morgan fingerprint density at radius 1 is 0.861 bits per heavy atom. The van der Waals surface area contributed by atoms with Crippen molar-refractivity contribution in [2.75, 3.05) is 0 Å². The molecule has 1 saturated carbocycles. The van der Waals surface area contributed by atoms with E-state index in [1.54, 1.807) is 6.07 Å². The molecule has 1 nitrogen and oxygen atoms in total. The number of fused-ring (bicyclic) bond motifs is 1. The molecule has 4 rings (SSSR count). The molecule has 0 spiro atoms. The third-order valence-electron chi connectivity index (χ3n) is 7.74. The zero-order valence-corrected chi connectivity index (χ0v) is 21.0. The molecule has 0 atom stereocenters. The SMILES string of the molecule is CCCCCCC1CCC(c2ccc3c(F)c(CCc4ccc(OC(F)F)c(F)c4)ccc3c2)CC1. The van der Waals surface area contributed by atoms with Gasteiger partial charge in [-0.25, -0.2) is 8.78 Å². The lowest BCUT2D eigenvalue weighted by Gasteiger charge is -2.29. The van der Waals surface area contributed by atoms with Crippen LogP contribution in [0.2, 0.25) is 0 Å². The van der Waals surface area contributed by atoms with Crippen LogP contribution in [0.4, 0.5) is 17.6 Å². The average Bonchev–Trinajstić information content (AvgIpc) is 2.88. The molecule has 0 amide bonds. The smallest absolute Gasteiger partial charge is 0.387 e. The average molecular weight is 501 g/mol. The van der Waals surface area contributed by atoms with Crippen LogP contribution in [0.15, 0.2) is 48.5 Å². The molecule has 0 heterocycles. The van der Waals surface area contributed by atoms with Gasteiger partial charge in [0.15, 0.2) is 11.6 Å². The molecule has 0 aromatic heterocycles. The molecule has 0 radical (unpaired) electrons. The maximum atomic E-state index is 15.3. The molecule has 0 aliphatic heterocycles. The molecular weight excluding hydrogens is 464 g/mol. The largest absolute Gasteiger partial charge is 0.432 e. The van der Waals surface area contributed by atoms with Gasteiger partial charge in [-0.3, -0.25) is 0 Å². The first kappa shape index (κ1) is 26.5. The standard InChI is InChI=1S/C31H36F4O/c1-2-3-4-5-6-21-7-11-23(12-8-21)25-16-17-27-26(20-25)15-14-24(30(27)33)13-9-22-10-18-29(28(32)19-22)36-31(34)35/h10,14-21,23,31H,2-9,11-13H2,1H3. The summed E-state index contributed by atoms with van der Waals surface area (Å²) in [5.74, 6) is -0.157. The molecule has 5 heteroatoms. The Morgan fingerprint density at radius 2 is 1.67 bits per heavy atom. The second-order valence-electron chi connectivity index (χ2n) is 10.2. The number of aryl methyl sites for hydroxylation is 2. The Labute approximate surface area is 211 Å². The van der Waals surface area contributed by atoms with E-state index in [1.165, 1.54) is 81.5 Å². The van der Waals surface area contributed by atoms with Crippen molar-refractivity contribution in [1.82, 2.24) is 0 Å². The van der Waals surface area contributed by atoms with E-state index in [0.717, 1.165) is 11.3 Å². The van der Waals surface area contributed by atoms with Gasteiger partial charge in [0.1, 0.15) is 5.82 Å². The summed E-state index contributed by atoms with van der Waals surface area (Å²) in [7, 11) is 0. The Kier molecular flexibility index (Phi) is 9.28. The minimum absolute atomic E-state index is 0.243. The summed E-state index contributed by atoms with van der Waals surface area (Å²) >= 11 is 0. The predicted molar refractivity (Wildman–Crippen MR) is 138 cm³/mol. The predicted octanol–water partition coefficient (Wildman–Crippen LogP) is 9.75. The molecule has 0 N–H and O–H groups in total. The number of ether oxygens (including phenoxy) is 1. The Bertz CT molecular complexity index is 1130. The van der Waals surface area contributed by atoms with E-state index in [0.29, 0.717) is 35.3 Å². The number of rotatable bonds is 11. The highest BCUT2D eigenvalue weighted by Crippen LogP contribution is 2.39. The van der Waals surface area contributed by atoms with Crippen LogP contribution in [0.1, 0.15) is 87.3 Å². The Hall–Kier alpha value is -2.56. The lowest BCUT2D eigenvalue weighted by molar-refractivity contribution is -0.0522. The Morgan fingerprint density at radius 3 is 2.39 bits per heavy atom. The van der Waals surface area contributed by atoms with E-state index in [-0.39, 0.29) is 5.82 Å². The van der Waals surface area contributed by atoms with Crippen molar-refractivity contribution in [3.05, 3.63) is 76.9 Å². The number of unbranched alkanes of at least 4 members (excludes halogenated alkanes) is 3. The maximum absolute atomic E-state index is 15.3. The van der Waals surface area contributed by atoms with Crippen LogP contribution in [0.5, 0.6) is 5.75 Å². The van der Waals surface area contributed by atoms with Crippen molar-refractivity contribution >= 4 is 10.8 Å². The fourth-order valence-electron chi connectivity index (χ4n) is 5.62. The van der Waals surface area contributed by atoms with Gasteiger partial charge in [0, 0.05) is 5.39 Å². The highest BCUT2D eigenvalue weighted by Gasteiger charge is 2.22. The van der Waals surface area contributed by atoms with Crippen molar-refractivity contribution in [3.63, 3.8) is 0 Å².